The zero-order chi connectivity index (χ0) is 23.1. The number of amidine groups is 1. The largest absolute Gasteiger partial charge is 0.497 e. The summed E-state index contributed by atoms with van der Waals surface area (Å²) in [6.07, 6.45) is 1.77. The second kappa shape index (κ2) is 10.9. The average Bonchev–Trinajstić information content (AvgIpc) is 3.11. The molecule has 1 heterocycles. The molecule has 2 aromatic carbocycles. The first kappa shape index (κ1) is 23.5. The molecule has 3 rings (SSSR count). The number of benzene rings is 2. The molecule has 0 unspecified atom stereocenters. The Balaban J connectivity index is 1.99. The second-order valence-electron chi connectivity index (χ2n) is 6.58. The van der Waals surface area contributed by atoms with E-state index in [2.05, 4.69) is 4.99 Å². The van der Waals surface area contributed by atoms with Crippen LogP contribution in [0.1, 0.15) is 5.56 Å². The van der Waals surface area contributed by atoms with Crippen molar-refractivity contribution in [1.29, 1.82) is 0 Å². The quantitative estimate of drug-likeness (QED) is 0.526. The summed E-state index contributed by atoms with van der Waals surface area (Å²) in [5.41, 5.74) is 1.41. The molecular formula is C23H26N2O6S. The van der Waals surface area contributed by atoms with E-state index in [-0.39, 0.29) is 5.91 Å². The van der Waals surface area contributed by atoms with Gasteiger partial charge in [0.25, 0.3) is 5.91 Å². The van der Waals surface area contributed by atoms with Crippen LogP contribution in [0.2, 0.25) is 0 Å². The molecule has 8 nitrogen and oxygen atoms in total. The SMILES string of the molecule is COCCN1C(=O)C(=Cc2ccc(OC)c(OC)c2OC)SC1=Nc1ccc(OC)cc1. The number of carbonyl (C=O) groups is 1. The van der Waals surface area contributed by atoms with Crippen LogP contribution >= 0.6 is 11.8 Å². The number of rotatable bonds is 9. The first-order chi connectivity index (χ1) is 15.6. The van der Waals surface area contributed by atoms with E-state index < -0.39 is 0 Å². The molecule has 0 bridgehead atoms. The zero-order valence-electron chi connectivity index (χ0n) is 18.7. The van der Waals surface area contributed by atoms with Gasteiger partial charge in [-0.3, -0.25) is 9.69 Å². The molecule has 2 aromatic rings. The number of thioether (sulfide) groups is 1. The summed E-state index contributed by atoms with van der Waals surface area (Å²) in [4.78, 5) is 20.0. The Morgan fingerprint density at radius 2 is 1.62 bits per heavy atom. The molecule has 0 aliphatic carbocycles. The van der Waals surface area contributed by atoms with Gasteiger partial charge in [-0.25, -0.2) is 4.99 Å². The van der Waals surface area contributed by atoms with Crippen LogP contribution in [0.3, 0.4) is 0 Å². The summed E-state index contributed by atoms with van der Waals surface area (Å²) in [5, 5.41) is 0.572. The maximum absolute atomic E-state index is 13.2. The van der Waals surface area contributed by atoms with Crippen molar-refractivity contribution in [3.8, 4) is 23.0 Å². The normalized spacial score (nSPS) is 16.0. The van der Waals surface area contributed by atoms with E-state index >= 15 is 0 Å². The van der Waals surface area contributed by atoms with Crippen molar-refractivity contribution < 1.29 is 28.5 Å². The standard InChI is InChI=1S/C23H26N2O6S/c1-27-13-12-25-22(26)19(32-23(25)24-16-7-9-17(28-2)10-8-16)14-15-6-11-18(29-3)21(31-5)20(15)30-4/h6-11,14H,12-13H2,1-5H3. The number of methoxy groups -OCH3 is 5. The van der Waals surface area contributed by atoms with Gasteiger partial charge in [0.15, 0.2) is 16.7 Å². The fraction of sp³-hybridized carbons (Fsp3) is 0.304. The predicted octanol–water partition coefficient (Wildman–Crippen LogP) is 3.97. The third kappa shape index (κ3) is 5.00. The summed E-state index contributed by atoms with van der Waals surface area (Å²) >= 11 is 1.29. The van der Waals surface area contributed by atoms with Crippen molar-refractivity contribution in [2.75, 3.05) is 48.7 Å². The average molecular weight is 459 g/mol. The van der Waals surface area contributed by atoms with Crippen LogP contribution in [0.4, 0.5) is 5.69 Å². The highest BCUT2D eigenvalue weighted by molar-refractivity contribution is 8.18. The van der Waals surface area contributed by atoms with Gasteiger partial charge in [-0.1, -0.05) is 0 Å². The summed E-state index contributed by atoms with van der Waals surface area (Å²) in [7, 11) is 7.85. The van der Waals surface area contributed by atoms with Gasteiger partial charge in [0.2, 0.25) is 5.75 Å². The Kier molecular flexibility index (Phi) is 8.02. The number of nitrogens with zero attached hydrogens (tertiary/aromatic N) is 2. The lowest BCUT2D eigenvalue weighted by molar-refractivity contribution is -0.122. The van der Waals surface area contributed by atoms with Gasteiger partial charge in [-0.2, -0.15) is 0 Å². The third-order valence-corrected chi connectivity index (χ3v) is 5.73. The molecule has 1 saturated heterocycles. The number of hydrogen-bond donors (Lipinski definition) is 0. The molecule has 1 aliphatic rings. The van der Waals surface area contributed by atoms with Crippen LogP contribution in [-0.4, -0.2) is 64.7 Å². The predicted molar refractivity (Wildman–Crippen MR) is 125 cm³/mol. The molecular weight excluding hydrogens is 432 g/mol. The van der Waals surface area contributed by atoms with Crippen molar-refractivity contribution in [3.05, 3.63) is 46.9 Å². The first-order valence-corrected chi connectivity index (χ1v) is 10.6. The lowest BCUT2D eigenvalue weighted by atomic mass is 10.1. The molecule has 32 heavy (non-hydrogen) atoms. The van der Waals surface area contributed by atoms with Crippen molar-refractivity contribution in [2.45, 2.75) is 0 Å². The Morgan fingerprint density at radius 3 is 2.22 bits per heavy atom. The molecule has 0 N–H and O–H groups in total. The minimum Gasteiger partial charge on any atom is -0.497 e. The molecule has 0 atom stereocenters. The Hall–Kier alpha value is -3.17. The van der Waals surface area contributed by atoms with Crippen LogP contribution in [0.5, 0.6) is 23.0 Å². The van der Waals surface area contributed by atoms with E-state index in [4.69, 9.17) is 23.7 Å². The van der Waals surface area contributed by atoms with Crippen molar-refractivity contribution >= 4 is 34.6 Å². The number of hydrogen-bond acceptors (Lipinski definition) is 8. The molecule has 1 fully saturated rings. The lowest BCUT2D eigenvalue weighted by Crippen LogP contribution is -2.32. The highest BCUT2D eigenvalue weighted by atomic mass is 32.2. The van der Waals surface area contributed by atoms with Crippen LogP contribution in [-0.2, 0) is 9.53 Å². The molecule has 170 valence electrons. The van der Waals surface area contributed by atoms with Crippen LogP contribution in [0.15, 0.2) is 46.3 Å². The van der Waals surface area contributed by atoms with Gasteiger partial charge in [-0.05, 0) is 54.2 Å². The van der Waals surface area contributed by atoms with E-state index in [1.165, 1.54) is 11.8 Å². The number of aliphatic imine (C=N–C) groups is 1. The minimum atomic E-state index is -0.156. The molecule has 9 heteroatoms. The maximum atomic E-state index is 13.2. The summed E-state index contributed by atoms with van der Waals surface area (Å²) in [5.74, 6) is 2.07. The monoisotopic (exact) mass is 458 g/mol. The molecule has 1 amide bonds. The van der Waals surface area contributed by atoms with Crippen LogP contribution in [0.25, 0.3) is 6.08 Å². The van der Waals surface area contributed by atoms with Crippen molar-refractivity contribution in [3.63, 3.8) is 0 Å². The van der Waals surface area contributed by atoms with E-state index in [0.717, 1.165) is 5.75 Å². The van der Waals surface area contributed by atoms with Crippen molar-refractivity contribution in [1.82, 2.24) is 4.90 Å². The molecule has 1 aliphatic heterocycles. The van der Waals surface area contributed by atoms with Crippen LogP contribution in [0, 0.1) is 0 Å². The van der Waals surface area contributed by atoms with E-state index in [9.17, 15) is 4.79 Å². The molecule has 0 aromatic heterocycles. The lowest BCUT2D eigenvalue weighted by Gasteiger charge is -2.15. The number of carbonyl (C=O) groups excluding carboxylic acids is 1. The van der Waals surface area contributed by atoms with Gasteiger partial charge < -0.3 is 23.7 Å². The van der Waals surface area contributed by atoms with Gasteiger partial charge >= 0.3 is 0 Å². The minimum absolute atomic E-state index is 0.156. The molecule has 0 radical (unpaired) electrons. The first-order valence-electron chi connectivity index (χ1n) is 9.78. The molecule has 0 saturated carbocycles. The zero-order valence-corrected chi connectivity index (χ0v) is 19.5. The van der Waals surface area contributed by atoms with Gasteiger partial charge in [0, 0.05) is 12.7 Å². The van der Waals surface area contributed by atoms with E-state index in [1.807, 2.05) is 30.3 Å². The fourth-order valence-electron chi connectivity index (χ4n) is 3.12. The van der Waals surface area contributed by atoms with Gasteiger partial charge in [0.1, 0.15) is 5.75 Å². The smallest absolute Gasteiger partial charge is 0.266 e. The Morgan fingerprint density at radius 1 is 0.906 bits per heavy atom. The van der Waals surface area contributed by atoms with Crippen molar-refractivity contribution in [2.24, 2.45) is 4.99 Å². The fourth-order valence-corrected chi connectivity index (χ4v) is 4.13. The molecule has 0 spiro atoms. The second-order valence-corrected chi connectivity index (χ2v) is 7.59. The Bertz CT molecular complexity index is 1020. The maximum Gasteiger partial charge on any atom is 0.266 e. The topological polar surface area (TPSA) is 78.8 Å². The third-order valence-electron chi connectivity index (χ3n) is 4.73. The highest BCUT2D eigenvalue weighted by Crippen LogP contribution is 2.42. The Labute approximate surface area is 191 Å². The summed E-state index contributed by atoms with van der Waals surface area (Å²) < 4.78 is 26.7. The van der Waals surface area contributed by atoms with Gasteiger partial charge in [-0.15, -0.1) is 0 Å². The van der Waals surface area contributed by atoms with E-state index in [1.54, 1.807) is 52.6 Å². The number of amides is 1. The number of ether oxygens (including phenoxy) is 5. The van der Waals surface area contributed by atoms with Crippen LogP contribution < -0.4 is 18.9 Å². The van der Waals surface area contributed by atoms with Gasteiger partial charge in [0.05, 0.1) is 52.2 Å². The van der Waals surface area contributed by atoms with E-state index in [0.29, 0.717) is 51.7 Å². The summed E-state index contributed by atoms with van der Waals surface area (Å²) in [6, 6.07) is 10.9. The summed E-state index contributed by atoms with van der Waals surface area (Å²) in [6.45, 7) is 0.776. The highest BCUT2D eigenvalue weighted by Gasteiger charge is 2.33.